The van der Waals surface area contributed by atoms with Crippen molar-refractivity contribution < 1.29 is 14.6 Å². The maximum Gasteiger partial charge on any atom is 0.127 e. The molecule has 3 fully saturated rings. The molecule has 1 N–H and O–H groups in total. The highest BCUT2D eigenvalue weighted by atomic mass is 16.5. The molecule has 1 aromatic rings. The number of hydrogen-bond donors (Lipinski definition) is 1. The van der Waals surface area contributed by atoms with Gasteiger partial charge in [0.05, 0.1) is 20.3 Å². The van der Waals surface area contributed by atoms with Gasteiger partial charge in [-0.2, -0.15) is 0 Å². The number of aliphatic hydroxyl groups excluding tert-OH is 1. The van der Waals surface area contributed by atoms with Crippen LogP contribution in [0.25, 0.3) is 0 Å². The van der Waals surface area contributed by atoms with E-state index in [0.717, 1.165) is 56.1 Å². The highest BCUT2D eigenvalue weighted by molar-refractivity contribution is 5.40. The summed E-state index contributed by atoms with van der Waals surface area (Å²) >= 11 is 0. The molecule has 0 aromatic heterocycles. The van der Waals surface area contributed by atoms with E-state index in [2.05, 4.69) is 22.4 Å². The Hall–Kier alpha value is -1.56. The van der Waals surface area contributed by atoms with E-state index in [9.17, 15) is 5.11 Å². The van der Waals surface area contributed by atoms with Crippen molar-refractivity contribution in [3.63, 3.8) is 0 Å². The van der Waals surface area contributed by atoms with Crippen LogP contribution in [0.4, 0.5) is 0 Å². The Morgan fingerprint density at radius 2 is 2.04 bits per heavy atom. The second kappa shape index (κ2) is 7.55. The third-order valence-corrected chi connectivity index (χ3v) is 5.32. The molecule has 2 bridgehead atoms. The first-order chi connectivity index (χ1) is 11.7. The number of ether oxygens (including phenoxy) is 2. The van der Waals surface area contributed by atoms with Gasteiger partial charge in [-0.15, -0.1) is 6.58 Å². The van der Waals surface area contributed by atoms with Crippen molar-refractivity contribution in [1.82, 2.24) is 9.80 Å². The third-order valence-electron chi connectivity index (χ3n) is 5.32. The van der Waals surface area contributed by atoms with Crippen LogP contribution in [-0.2, 0) is 6.54 Å². The Bertz CT molecular complexity index is 578. The predicted molar refractivity (Wildman–Crippen MR) is 94.5 cm³/mol. The molecule has 3 saturated heterocycles. The second-order valence-electron chi connectivity index (χ2n) is 6.72. The van der Waals surface area contributed by atoms with Gasteiger partial charge in [0.15, 0.2) is 0 Å². The second-order valence-corrected chi connectivity index (χ2v) is 6.72. The highest BCUT2D eigenvalue weighted by Crippen LogP contribution is 2.32. The van der Waals surface area contributed by atoms with Crippen molar-refractivity contribution in [2.75, 3.05) is 33.9 Å². The molecule has 0 saturated carbocycles. The Kier molecular flexibility index (Phi) is 5.43. The molecule has 4 rings (SSSR count). The Balaban J connectivity index is 1.79. The molecule has 3 aliphatic heterocycles. The summed E-state index contributed by atoms with van der Waals surface area (Å²) in [4.78, 5) is 4.86. The lowest BCUT2D eigenvalue weighted by molar-refractivity contribution is -0.00453. The first-order valence-electron chi connectivity index (χ1n) is 8.64. The van der Waals surface area contributed by atoms with Crippen LogP contribution in [0.2, 0.25) is 0 Å². The van der Waals surface area contributed by atoms with E-state index in [1.165, 1.54) is 0 Å². The Morgan fingerprint density at radius 1 is 1.21 bits per heavy atom. The summed E-state index contributed by atoms with van der Waals surface area (Å²) in [6, 6.07) is 6.60. The van der Waals surface area contributed by atoms with E-state index in [4.69, 9.17) is 9.47 Å². The minimum absolute atomic E-state index is 0.163. The maximum atomic E-state index is 10.6. The number of rotatable bonds is 6. The van der Waals surface area contributed by atoms with Crippen molar-refractivity contribution in [2.24, 2.45) is 0 Å². The average molecular weight is 332 g/mol. The summed E-state index contributed by atoms with van der Waals surface area (Å²) in [5.41, 5.74) is 1.13. The van der Waals surface area contributed by atoms with Crippen LogP contribution in [0.15, 0.2) is 30.9 Å². The predicted octanol–water partition coefficient (Wildman–Crippen LogP) is 1.90. The zero-order valence-corrected chi connectivity index (χ0v) is 14.6. The van der Waals surface area contributed by atoms with E-state index in [1.54, 1.807) is 14.2 Å². The van der Waals surface area contributed by atoms with Crippen LogP contribution in [0, 0.1) is 0 Å². The van der Waals surface area contributed by atoms with Crippen molar-refractivity contribution in [3.05, 3.63) is 36.4 Å². The molecule has 24 heavy (non-hydrogen) atoms. The fraction of sp³-hybridized carbons (Fsp3) is 0.579. The summed E-state index contributed by atoms with van der Waals surface area (Å²) < 4.78 is 10.8. The smallest absolute Gasteiger partial charge is 0.127 e. The number of benzene rings is 1. The molecule has 0 spiro atoms. The highest BCUT2D eigenvalue weighted by Gasteiger charge is 2.40. The molecule has 0 radical (unpaired) electrons. The zero-order valence-electron chi connectivity index (χ0n) is 14.6. The molecule has 1 aromatic carbocycles. The SMILES string of the molecule is C=CCN1C[C@H]2[C@H](O)CC[C@@H]1CN2Cc1ccc(OC)cc1OC. The molecular formula is C19H28N2O3. The third kappa shape index (κ3) is 3.43. The molecule has 5 heteroatoms. The summed E-state index contributed by atoms with van der Waals surface area (Å²) in [5, 5.41) is 10.6. The van der Waals surface area contributed by atoms with Crippen LogP contribution < -0.4 is 9.47 Å². The molecule has 132 valence electrons. The lowest BCUT2D eigenvalue weighted by atomic mass is 10.0. The lowest BCUT2D eigenvalue weighted by Gasteiger charge is -2.44. The van der Waals surface area contributed by atoms with E-state index in [-0.39, 0.29) is 12.1 Å². The number of piperazine rings is 1. The van der Waals surface area contributed by atoms with Gasteiger partial charge in [0.25, 0.3) is 0 Å². The van der Waals surface area contributed by atoms with Crippen LogP contribution in [0.3, 0.4) is 0 Å². The van der Waals surface area contributed by atoms with Gasteiger partial charge in [0, 0.05) is 49.9 Å². The molecular weight excluding hydrogens is 304 g/mol. The summed E-state index contributed by atoms with van der Waals surface area (Å²) in [7, 11) is 3.35. The number of nitrogens with zero attached hydrogens (tertiary/aromatic N) is 2. The number of fused-ring (bicyclic) bond motifs is 4. The zero-order chi connectivity index (χ0) is 17.1. The monoisotopic (exact) mass is 332 g/mol. The molecule has 0 aliphatic carbocycles. The van der Waals surface area contributed by atoms with Crippen molar-refractivity contribution in [1.29, 1.82) is 0 Å². The van der Waals surface area contributed by atoms with Gasteiger partial charge in [0.1, 0.15) is 11.5 Å². The largest absolute Gasteiger partial charge is 0.497 e. The number of hydrogen-bond acceptors (Lipinski definition) is 5. The molecule has 0 unspecified atom stereocenters. The topological polar surface area (TPSA) is 45.2 Å². The standard InChI is InChI=1S/C19H28N2O3/c1-4-9-20-13-17-18(22)8-6-15(20)12-21(17)11-14-5-7-16(23-2)10-19(14)24-3/h4-5,7,10,15,17-18,22H,1,6,8-9,11-13H2,2-3H3/t15-,17+,18-/m1/s1. The van der Waals surface area contributed by atoms with E-state index < -0.39 is 0 Å². The van der Waals surface area contributed by atoms with Gasteiger partial charge in [0.2, 0.25) is 0 Å². The first kappa shape index (κ1) is 17.3. The van der Waals surface area contributed by atoms with E-state index in [0.29, 0.717) is 6.04 Å². The van der Waals surface area contributed by atoms with Gasteiger partial charge in [-0.05, 0) is 18.9 Å². The summed E-state index contributed by atoms with van der Waals surface area (Å²) in [5.74, 6) is 1.64. The Labute approximate surface area is 144 Å². The van der Waals surface area contributed by atoms with Crippen LogP contribution in [0.1, 0.15) is 18.4 Å². The minimum Gasteiger partial charge on any atom is -0.497 e. The van der Waals surface area contributed by atoms with Gasteiger partial charge in [-0.1, -0.05) is 12.1 Å². The lowest BCUT2D eigenvalue weighted by Crippen LogP contribution is -2.58. The fourth-order valence-electron chi connectivity index (χ4n) is 3.99. The molecule has 5 nitrogen and oxygen atoms in total. The molecule has 0 amide bonds. The minimum atomic E-state index is -0.269. The number of aliphatic hydroxyl groups is 1. The van der Waals surface area contributed by atoms with E-state index in [1.807, 2.05) is 18.2 Å². The van der Waals surface area contributed by atoms with Crippen LogP contribution in [-0.4, -0.2) is 66.9 Å². The van der Waals surface area contributed by atoms with Crippen molar-refractivity contribution in [2.45, 2.75) is 37.6 Å². The van der Waals surface area contributed by atoms with E-state index >= 15 is 0 Å². The normalized spacial score (nSPS) is 27.7. The summed E-state index contributed by atoms with van der Waals surface area (Å²) in [6.45, 7) is 7.43. The van der Waals surface area contributed by atoms with Gasteiger partial charge < -0.3 is 14.6 Å². The van der Waals surface area contributed by atoms with Gasteiger partial charge in [-0.3, -0.25) is 9.80 Å². The van der Waals surface area contributed by atoms with Crippen LogP contribution in [0.5, 0.6) is 11.5 Å². The quantitative estimate of drug-likeness (QED) is 0.806. The molecule has 3 atom stereocenters. The molecule has 3 heterocycles. The average Bonchev–Trinajstić information content (AvgIpc) is 2.84. The first-order valence-corrected chi connectivity index (χ1v) is 8.64. The van der Waals surface area contributed by atoms with Crippen LogP contribution >= 0.6 is 0 Å². The number of methoxy groups -OCH3 is 2. The maximum absolute atomic E-state index is 10.6. The Morgan fingerprint density at radius 3 is 2.75 bits per heavy atom. The van der Waals surface area contributed by atoms with Gasteiger partial charge >= 0.3 is 0 Å². The molecule has 3 aliphatic rings. The van der Waals surface area contributed by atoms with Crippen molar-refractivity contribution in [3.8, 4) is 11.5 Å². The van der Waals surface area contributed by atoms with Gasteiger partial charge in [-0.25, -0.2) is 0 Å². The fourth-order valence-corrected chi connectivity index (χ4v) is 3.99. The van der Waals surface area contributed by atoms with Crippen molar-refractivity contribution >= 4 is 0 Å². The summed E-state index contributed by atoms with van der Waals surface area (Å²) in [6.07, 6.45) is 3.61.